The summed E-state index contributed by atoms with van der Waals surface area (Å²) in [6.45, 7) is 11.3. The maximum absolute atomic E-state index is 5.51. The van der Waals surface area contributed by atoms with Crippen molar-refractivity contribution in [2.75, 3.05) is 37.7 Å². The van der Waals surface area contributed by atoms with Crippen molar-refractivity contribution < 1.29 is 4.74 Å². The van der Waals surface area contributed by atoms with E-state index in [0.717, 1.165) is 39.2 Å². The fourth-order valence-electron chi connectivity index (χ4n) is 1.96. The molecule has 1 aromatic carbocycles. The molecule has 0 aliphatic rings. The number of para-hydroxylation sites is 1. The number of benzene rings is 1. The van der Waals surface area contributed by atoms with Crippen LogP contribution in [0, 0.1) is 0 Å². The van der Waals surface area contributed by atoms with E-state index in [-0.39, 0.29) is 0 Å². The summed E-state index contributed by atoms with van der Waals surface area (Å²) in [4.78, 5) is 2.39. The summed E-state index contributed by atoms with van der Waals surface area (Å²) < 4.78 is 5.51. The van der Waals surface area contributed by atoms with Crippen molar-refractivity contribution in [3.63, 3.8) is 0 Å². The lowest BCUT2D eigenvalue weighted by Crippen LogP contribution is -2.32. The van der Waals surface area contributed by atoms with Crippen molar-refractivity contribution in [2.24, 2.45) is 0 Å². The summed E-state index contributed by atoms with van der Waals surface area (Å²) in [5.41, 5.74) is 1.30. The van der Waals surface area contributed by atoms with Gasteiger partial charge in [0.1, 0.15) is 0 Å². The van der Waals surface area contributed by atoms with Crippen LogP contribution < -0.4 is 10.2 Å². The van der Waals surface area contributed by atoms with Crippen molar-refractivity contribution in [2.45, 2.75) is 33.3 Å². The predicted molar refractivity (Wildman–Crippen MR) is 82.9 cm³/mol. The second-order valence-electron chi connectivity index (χ2n) is 4.94. The molecule has 0 atom stereocenters. The molecule has 3 heteroatoms. The molecule has 0 fully saturated rings. The van der Waals surface area contributed by atoms with Crippen LogP contribution in [0.2, 0.25) is 0 Å². The molecule has 1 rings (SSSR count). The number of likely N-dealkylation sites (N-methyl/N-ethyl adjacent to an activating group) is 1. The standard InChI is InChI=1S/C16H28N2O/c1-4-18(16-9-6-5-7-10-16)13-12-17-11-8-14-19-15(2)3/h5-7,9-10,15,17H,4,8,11-14H2,1-3H3. The molecule has 19 heavy (non-hydrogen) atoms. The molecule has 0 bridgehead atoms. The van der Waals surface area contributed by atoms with Crippen molar-refractivity contribution in [1.29, 1.82) is 0 Å². The van der Waals surface area contributed by atoms with Gasteiger partial charge in [0, 0.05) is 31.9 Å². The van der Waals surface area contributed by atoms with E-state index in [4.69, 9.17) is 4.74 Å². The van der Waals surface area contributed by atoms with Gasteiger partial charge in [-0.1, -0.05) is 18.2 Å². The molecule has 0 heterocycles. The SMILES string of the molecule is CCN(CCNCCCOC(C)C)c1ccccc1. The van der Waals surface area contributed by atoms with Gasteiger partial charge in [0.15, 0.2) is 0 Å². The highest BCUT2D eigenvalue weighted by molar-refractivity contribution is 5.45. The van der Waals surface area contributed by atoms with Crippen molar-refractivity contribution in [3.05, 3.63) is 30.3 Å². The molecule has 0 radical (unpaired) electrons. The molecular formula is C16H28N2O. The van der Waals surface area contributed by atoms with Gasteiger partial charge in [-0.2, -0.15) is 0 Å². The molecule has 0 saturated carbocycles. The number of anilines is 1. The molecule has 108 valence electrons. The van der Waals surface area contributed by atoms with Crippen LogP contribution in [0.5, 0.6) is 0 Å². The van der Waals surface area contributed by atoms with Crippen LogP contribution in [0.1, 0.15) is 27.2 Å². The fourth-order valence-corrected chi connectivity index (χ4v) is 1.96. The van der Waals surface area contributed by atoms with Crippen LogP contribution in [-0.4, -0.2) is 38.9 Å². The molecule has 0 aliphatic carbocycles. The summed E-state index contributed by atoms with van der Waals surface area (Å²) in [6.07, 6.45) is 1.42. The Balaban J connectivity index is 2.10. The molecule has 0 saturated heterocycles. The first-order valence-corrected chi connectivity index (χ1v) is 7.36. The molecule has 0 aromatic heterocycles. The highest BCUT2D eigenvalue weighted by Crippen LogP contribution is 2.11. The highest BCUT2D eigenvalue weighted by atomic mass is 16.5. The van der Waals surface area contributed by atoms with E-state index < -0.39 is 0 Å². The van der Waals surface area contributed by atoms with E-state index in [1.165, 1.54) is 5.69 Å². The third kappa shape index (κ3) is 7.19. The van der Waals surface area contributed by atoms with E-state index in [0.29, 0.717) is 6.10 Å². The number of nitrogens with zero attached hydrogens (tertiary/aromatic N) is 1. The number of hydrogen-bond acceptors (Lipinski definition) is 3. The Morgan fingerprint density at radius 3 is 2.53 bits per heavy atom. The van der Waals surface area contributed by atoms with Crippen LogP contribution in [0.25, 0.3) is 0 Å². The predicted octanol–water partition coefficient (Wildman–Crippen LogP) is 2.92. The summed E-state index contributed by atoms with van der Waals surface area (Å²) in [5, 5.41) is 3.47. The number of ether oxygens (including phenoxy) is 1. The second kappa shape index (κ2) is 9.82. The van der Waals surface area contributed by atoms with Gasteiger partial charge in [-0.05, 0) is 45.9 Å². The van der Waals surface area contributed by atoms with Gasteiger partial charge in [0.25, 0.3) is 0 Å². The van der Waals surface area contributed by atoms with Crippen LogP contribution in [-0.2, 0) is 4.74 Å². The van der Waals surface area contributed by atoms with E-state index in [9.17, 15) is 0 Å². The average Bonchev–Trinajstić information content (AvgIpc) is 2.42. The van der Waals surface area contributed by atoms with Gasteiger partial charge in [0.05, 0.1) is 6.10 Å². The van der Waals surface area contributed by atoms with Crippen LogP contribution >= 0.6 is 0 Å². The Morgan fingerprint density at radius 2 is 1.89 bits per heavy atom. The average molecular weight is 264 g/mol. The molecule has 3 nitrogen and oxygen atoms in total. The lowest BCUT2D eigenvalue weighted by Gasteiger charge is -2.23. The van der Waals surface area contributed by atoms with Crippen molar-refractivity contribution in [3.8, 4) is 0 Å². The van der Waals surface area contributed by atoms with Gasteiger partial charge in [-0.15, -0.1) is 0 Å². The molecule has 1 aromatic rings. The second-order valence-corrected chi connectivity index (χ2v) is 4.94. The first-order valence-electron chi connectivity index (χ1n) is 7.36. The first-order chi connectivity index (χ1) is 9.24. The maximum atomic E-state index is 5.51. The lowest BCUT2D eigenvalue weighted by molar-refractivity contribution is 0.0771. The zero-order valence-corrected chi connectivity index (χ0v) is 12.6. The Hall–Kier alpha value is -1.06. The summed E-state index contributed by atoms with van der Waals surface area (Å²) >= 11 is 0. The minimum atomic E-state index is 0.341. The Labute approximate surface area is 118 Å². The molecule has 0 aliphatic heterocycles. The van der Waals surface area contributed by atoms with Gasteiger partial charge in [0.2, 0.25) is 0 Å². The third-order valence-electron chi connectivity index (χ3n) is 3.01. The quantitative estimate of drug-likeness (QED) is 0.658. The Kier molecular flexibility index (Phi) is 8.26. The van der Waals surface area contributed by atoms with Gasteiger partial charge < -0.3 is 15.0 Å². The normalized spacial score (nSPS) is 10.9. The molecule has 1 N–H and O–H groups in total. The van der Waals surface area contributed by atoms with E-state index in [2.05, 4.69) is 61.3 Å². The number of nitrogens with one attached hydrogen (secondary N) is 1. The zero-order chi connectivity index (χ0) is 13.9. The topological polar surface area (TPSA) is 24.5 Å². The monoisotopic (exact) mass is 264 g/mol. The van der Waals surface area contributed by atoms with Crippen LogP contribution in [0.15, 0.2) is 30.3 Å². The third-order valence-corrected chi connectivity index (χ3v) is 3.01. The highest BCUT2D eigenvalue weighted by Gasteiger charge is 2.02. The summed E-state index contributed by atoms with van der Waals surface area (Å²) in [7, 11) is 0. The summed E-state index contributed by atoms with van der Waals surface area (Å²) in [6, 6.07) is 10.6. The molecule has 0 amide bonds. The fraction of sp³-hybridized carbons (Fsp3) is 0.625. The largest absolute Gasteiger partial charge is 0.379 e. The minimum Gasteiger partial charge on any atom is -0.379 e. The number of hydrogen-bond donors (Lipinski definition) is 1. The van der Waals surface area contributed by atoms with Crippen molar-refractivity contribution >= 4 is 5.69 Å². The van der Waals surface area contributed by atoms with Gasteiger partial charge >= 0.3 is 0 Å². The zero-order valence-electron chi connectivity index (χ0n) is 12.6. The summed E-state index contributed by atoms with van der Waals surface area (Å²) in [5.74, 6) is 0. The molecule has 0 unspecified atom stereocenters. The van der Waals surface area contributed by atoms with Gasteiger partial charge in [-0.25, -0.2) is 0 Å². The molecular weight excluding hydrogens is 236 g/mol. The smallest absolute Gasteiger partial charge is 0.0518 e. The van der Waals surface area contributed by atoms with E-state index in [1.54, 1.807) is 0 Å². The number of rotatable bonds is 10. The lowest BCUT2D eigenvalue weighted by atomic mass is 10.3. The molecule has 0 spiro atoms. The first kappa shape index (κ1) is 16.0. The minimum absolute atomic E-state index is 0.341. The van der Waals surface area contributed by atoms with Gasteiger partial charge in [-0.3, -0.25) is 0 Å². The van der Waals surface area contributed by atoms with E-state index >= 15 is 0 Å². The Morgan fingerprint density at radius 1 is 1.16 bits per heavy atom. The van der Waals surface area contributed by atoms with Crippen molar-refractivity contribution in [1.82, 2.24) is 5.32 Å². The van der Waals surface area contributed by atoms with E-state index in [1.807, 2.05) is 0 Å². The van der Waals surface area contributed by atoms with Crippen LogP contribution in [0.3, 0.4) is 0 Å². The van der Waals surface area contributed by atoms with Crippen LogP contribution in [0.4, 0.5) is 5.69 Å². The Bertz CT molecular complexity index is 314. The maximum Gasteiger partial charge on any atom is 0.0518 e.